The van der Waals surface area contributed by atoms with E-state index in [1.807, 2.05) is 18.2 Å². The number of amides is 3. The Hall–Kier alpha value is -3.23. The molecule has 1 aliphatic heterocycles. The van der Waals surface area contributed by atoms with Crippen LogP contribution in [0.4, 0.5) is 23.7 Å². The van der Waals surface area contributed by atoms with Crippen molar-refractivity contribution in [1.82, 2.24) is 9.80 Å². The van der Waals surface area contributed by atoms with Gasteiger partial charge in [-0.25, -0.2) is 4.79 Å². The van der Waals surface area contributed by atoms with Crippen LogP contribution in [0.15, 0.2) is 54.6 Å². The minimum atomic E-state index is -4.41. The number of alkyl halides is 3. The molecule has 0 spiro atoms. The average molecular weight is 421 g/mol. The molecule has 1 aliphatic rings. The van der Waals surface area contributed by atoms with E-state index in [1.54, 1.807) is 21.9 Å². The highest BCUT2D eigenvalue weighted by molar-refractivity contribution is 5.94. The number of anilines is 1. The van der Waals surface area contributed by atoms with Gasteiger partial charge in [0.05, 0.1) is 0 Å². The fourth-order valence-electron chi connectivity index (χ4n) is 3.09. The lowest BCUT2D eigenvalue weighted by Gasteiger charge is -2.22. The van der Waals surface area contributed by atoms with E-state index < -0.39 is 12.8 Å². The van der Waals surface area contributed by atoms with Crippen molar-refractivity contribution >= 4 is 17.6 Å². The van der Waals surface area contributed by atoms with Crippen LogP contribution in [0, 0.1) is 0 Å². The Morgan fingerprint density at radius 2 is 1.53 bits per heavy atom. The van der Waals surface area contributed by atoms with Crippen LogP contribution in [0.1, 0.15) is 16.8 Å². The normalized spacial score (nSPS) is 14.8. The van der Waals surface area contributed by atoms with Gasteiger partial charge in [-0.1, -0.05) is 18.2 Å². The quantitative estimate of drug-likeness (QED) is 0.812. The molecule has 1 heterocycles. The minimum Gasteiger partial charge on any atom is -0.484 e. The van der Waals surface area contributed by atoms with Gasteiger partial charge < -0.3 is 19.9 Å². The van der Waals surface area contributed by atoms with E-state index in [4.69, 9.17) is 0 Å². The van der Waals surface area contributed by atoms with E-state index in [-0.39, 0.29) is 17.7 Å². The molecule has 0 saturated carbocycles. The average Bonchev–Trinajstić information content (AvgIpc) is 2.99. The maximum absolute atomic E-state index is 12.6. The Morgan fingerprint density at radius 3 is 2.20 bits per heavy atom. The molecule has 2 aromatic rings. The van der Waals surface area contributed by atoms with Gasteiger partial charge in [0, 0.05) is 37.4 Å². The second-order valence-electron chi connectivity index (χ2n) is 6.86. The van der Waals surface area contributed by atoms with Crippen molar-refractivity contribution in [3.05, 3.63) is 60.2 Å². The van der Waals surface area contributed by atoms with E-state index in [0.29, 0.717) is 43.9 Å². The van der Waals surface area contributed by atoms with Gasteiger partial charge in [-0.3, -0.25) is 4.79 Å². The summed E-state index contributed by atoms with van der Waals surface area (Å²) in [6.45, 7) is 0.493. The third-order valence-electron chi connectivity index (χ3n) is 4.60. The molecule has 6 nitrogen and oxygen atoms in total. The van der Waals surface area contributed by atoms with Crippen LogP contribution in [0.25, 0.3) is 0 Å². The standard InChI is InChI=1S/C21H22F3N3O3/c22-21(23,24)15-30-18-9-7-17(8-10-18)25-20(29)27-12-4-11-26(13-14-27)19(28)16-5-2-1-3-6-16/h1-3,5-10H,4,11-15H2,(H,25,29). The smallest absolute Gasteiger partial charge is 0.422 e. The van der Waals surface area contributed by atoms with E-state index in [0.717, 1.165) is 0 Å². The zero-order valence-corrected chi connectivity index (χ0v) is 16.2. The molecule has 0 unspecified atom stereocenters. The first-order valence-electron chi connectivity index (χ1n) is 9.52. The molecule has 0 bridgehead atoms. The number of halogens is 3. The van der Waals surface area contributed by atoms with Crippen LogP contribution in [0.2, 0.25) is 0 Å². The Morgan fingerprint density at radius 1 is 0.900 bits per heavy atom. The monoisotopic (exact) mass is 421 g/mol. The lowest BCUT2D eigenvalue weighted by molar-refractivity contribution is -0.153. The molecular weight excluding hydrogens is 399 g/mol. The van der Waals surface area contributed by atoms with Crippen molar-refractivity contribution in [3.63, 3.8) is 0 Å². The van der Waals surface area contributed by atoms with Crippen molar-refractivity contribution in [3.8, 4) is 5.75 Å². The first-order chi connectivity index (χ1) is 14.3. The predicted molar refractivity (Wildman–Crippen MR) is 106 cm³/mol. The van der Waals surface area contributed by atoms with Gasteiger partial charge in [0.1, 0.15) is 5.75 Å². The Balaban J connectivity index is 1.52. The number of benzene rings is 2. The lowest BCUT2D eigenvalue weighted by atomic mass is 10.2. The molecule has 3 amide bonds. The number of rotatable bonds is 4. The minimum absolute atomic E-state index is 0.0627. The Kier molecular flexibility index (Phi) is 6.81. The van der Waals surface area contributed by atoms with Crippen molar-refractivity contribution in [2.75, 3.05) is 38.1 Å². The molecule has 0 atom stereocenters. The largest absolute Gasteiger partial charge is 0.484 e. The molecular formula is C21H22F3N3O3. The third-order valence-corrected chi connectivity index (χ3v) is 4.60. The number of carbonyl (C=O) groups is 2. The van der Waals surface area contributed by atoms with Gasteiger partial charge in [-0.05, 0) is 42.8 Å². The molecule has 1 fully saturated rings. The summed E-state index contributed by atoms with van der Waals surface area (Å²) in [4.78, 5) is 28.5. The summed E-state index contributed by atoms with van der Waals surface area (Å²) in [5.74, 6) is 0.00228. The fourth-order valence-corrected chi connectivity index (χ4v) is 3.09. The third kappa shape index (κ3) is 6.13. The molecule has 0 radical (unpaired) electrons. The summed E-state index contributed by atoms with van der Waals surface area (Å²) in [5, 5.41) is 2.72. The first-order valence-corrected chi connectivity index (χ1v) is 9.52. The predicted octanol–water partition coefficient (Wildman–Crippen LogP) is 4.01. The lowest BCUT2D eigenvalue weighted by Crippen LogP contribution is -2.39. The summed E-state index contributed by atoms with van der Waals surface area (Å²) in [5.41, 5.74) is 1.06. The molecule has 30 heavy (non-hydrogen) atoms. The summed E-state index contributed by atoms with van der Waals surface area (Å²) in [7, 11) is 0. The number of ether oxygens (including phenoxy) is 1. The molecule has 2 aromatic carbocycles. The highest BCUT2D eigenvalue weighted by Crippen LogP contribution is 2.20. The van der Waals surface area contributed by atoms with Crippen LogP contribution in [0.5, 0.6) is 5.75 Å². The summed E-state index contributed by atoms with van der Waals surface area (Å²) >= 11 is 0. The van der Waals surface area contributed by atoms with Crippen LogP contribution in [0.3, 0.4) is 0 Å². The summed E-state index contributed by atoms with van der Waals surface area (Å²) in [6, 6.07) is 14.4. The number of nitrogens with zero attached hydrogens (tertiary/aromatic N) is 2. The van der Waals surface area contributed by atoms with Crippen LogP contribution >= 0.6 is 0 Å². The topological polar surface area (TPSA) is 61.9 Å². The number of urea groups is 1. The van der Waals surface area contributed by atoms with Crippen LogP contribution in [-0.2, 0) is 0 Å². The van der Waals surface area contributed by atoms with E-state index in [9.17, 15) is 22.8 Å². The number of carbonyl (C=O) groups excluding carboxylic acids is 2. The van der Waals surface area contributed by atoms with E-state index >= 15 is 0 Å². The van der Waals surface area contributed by atoms with Gasteiger partial charge in [-0.2, -0.15) is 13.2 Å². The summed E-state index contributed by atoms with van der Waals surface area (Å²) in [6.07, 6.45) is -3.76. The fraction of sp³-hybridized carbons (Fsp3) is 0.333. The van der Waals surface area contributed by atoms with Gasteiger partial charge in [0.15, 0.2) is 6.61 Å². The second-order valence-corrected chi connectivity index (χ2v) is 6.86. The van der Waals surface area contributed by atoms with Crippen LogP contribution in [-0.4, -0.2) is 60.7 Å². The maximum Gasteiger partial charge on any atom is 0.422 e. The van der Waals surface area contributed by atoms with Gasteiger partial charge in [0.25, 0.3) is 5.91 Å². The van der Waals surface area contributed by atoms with Crippen molar-refractivity contribution in [2.24, 2.45) is 0 Å². The van der Waals surface area contributed by atoms with Crippen molar-refractivity contribution < 1.29 is 27.5 Å². The number of hydrogen-bond acceptors (Lipinski definition) is 3. The van der Waals surface area contributed by atoms with E-state index in [2.05, 4.69) is 10.1 Å². The zero-order valence-electron chi connectivity index (χ0n) is 16.2. The number of nitrogens with one attached hydrogen (secondary N) is 1. The SMILES string of the molecule is O=C(Nc1ccc(OCC(F)(F)F)cc1)N1CCCN(C(=O)c2ccccc2)CC1. The molecule has 1 saturated heterocycles. The van der Waals surface area contributed by atoms with Gasteiger partial charge in [-0.15, -0.1) is 0 Å². The molecule has 160 valence electrons. The van der Waals surface area contributed by atoms with Gasteiger partial charge in [0.2, 0.25) is 0 Å². The Labute approximate surface area is 172 Å². The highest BCUT2D eigenvalue weighted by Gasteiger charge is 2.28. The van der Waals surface area contributed by atoms with Crippen molar-refractivity contribution in [2.45, 2.75) is 12.6 Å². The van der Waals surface area contributed by atoms with E-state index in [1.165, 1.54) is 24.3 Å². The molecule has 0 aromatic heterocycles. The molecule has 3 rings (SSSR count). The molecule has 0 aliphatic carbocycles. The zero-order chi connectivity index (χ0) is 21.6. The second kappa shape index (κ2) is 9.51. The molecule has 9 heteroatoms. The highest BCUT2D eigenvalue weighted by atomic mass is 19.4. The van der Waals surface area contributed by atoms with Crippen LogP contribution < -0.4 is 10.1 Å². The maximum atomic E-state index is 12.6. The Bertz CT molecular complexity index is 857. The number of hydrogen-bond donors (Lipinski definition) is 1. The van der Waals surface area contributed by atoms with Gasteiger partial charge >= 0.3 is 12.2 Å². The van der Waals surface area contributed by atoms with Crippen molar-refractivity contribution in [1.29, 1.82) is 0 Å². The molecule has 1 N–H and O–H groups in total. The first kappa shape index (κ1) is 21.5. The summed E-state index contributed by atoms with van der Waals surface area (Å²) < 4.78 is 41.2.